The second-order valence-corrected chi connectivity index (χ2v) is 5.52. The number of anilines is 1. The molecule has 0 saturated carbocycles. The van der Waals surface area contributed by atoms with Crippen LogP contribution in [0.5, 0.6) is 0 Å². The van der Waals surface area contributed by atoms with Crippen LogP contribution in [0.1, 0.15) is 19.8 Å². The molecule has 2 heterocycles. The molecule has 2 N–H and O–H groups in total. The van der Waals surface area contributed by atoms with Gasteiger partial charge in [0, 0.05) is 18.6 Å². The Labute approximate surface area is 112 Å². The molecule has 19 heavy (non-hydrogen) atoms. The first kappa shape index (κ1) is 12.4. The summed E-state index contributed by atoms with van der Waals surface area (Å²) < 4.78 is 13.2. The van der Waals surface area contributed by atoms with E-state index in [2.05, 4.69) is 27.1 Å². The fourth-order valence-electron chi connectivity index (χ4n) is 2.58. The average molecular weight is 262 g/mol. The quantitative estimate of drug-likeness (QED) is 0.872. The third kappa shape index (κ3) is 2.30. The van der Waals surface area contributed by atoms with Crippen molar-refractivity contribution in [2.45, 2.75) is 25.3 Å². The van der Waals surface area contributed by atoms with Crippen LogP contribution < -0.4 is 10.2 Å². The molecular formula is C14H19FN4. The van der Waals surface area contributed by atoms with Crippen molar-refractivity contribution in [3.05, 3.63) is 24.0 Å². The smallest absolute Gasteiger partial charge is 0.203 e. The Morgan fingerprint density at radius 3 is 2.79 bits per heavy atom. The van der Waals surface area contributed by atoms with Crippen LogP contribution in [0.25, 0.3) is 11.0 Å². The molecule has 1 aliphatic rings. The SMILES string of the molecule is CNC1(C)CCN(c2nc3ccc(F)cc3[nH]2)CC1. The first-order chi connectivity index (χ1) is 9.09. The molecule has 5 heteroatoms. The van der Waals surface area contributed by atoms with Crippen LogP contribution in [0, 0.1) is 5.82 Å². The standard InChI is InChI=1S/C14H19FN4/c1-14(16-2)5-7-19(8-6-14)13-17-11-4-3-10(15)9-12(11)18-13/h3-4,9,16H,5-8H2,1-2H3,(H,17,18). The monoisotopic (exact) mass is 262 g/mol. The molecule has 2 aromatic rings. The molecule has 0 aliphatic carbocycles. The Morgan fingerprint density at radius 2 is 2.11 bits per heavy atom. The number of nitrogens with zero attached hydrogens (tertiary/aromatic N) is 2. The van der Waals surface area contributed by atoms with E-state index in [0.717, 1.165) is 42.9 Å². The molecule has 0 atom stereocenters. The van der Waals surface area contributed by atoms with E-state index in [4.69, 9.17) is 0 Å². The van der Waals surface area contributed by atoms with Crippen molar-refractivity contribution in [1.29, 1.82) is 0 Å². The Balaban J connectivity index is 1.82. The van der Waals surface area contributed by atoms with Gasteiger partial charge in [0.1, 0.15) is 5.82 Å². The Kier molecular flexibility index (Phi) is 2.93. The number of hydrogen-bond donors (Lipinski definition) is 2. The second-order valence-electron chi connectivity index (χ2n) is 5.52. The highest BCUT2D eigenvalue weighted by molar-refractivity contribution is 5.77. The van der Waals surface area contributed by atoms with Gasteiger partial charge < -0.3 is 15.2 Å². The van der Waals surface area contributed by atoms with Crippen LogP contribution in [-0.2, 0) is 0 Å². The van der Waals surface area contributed by atoms with Gasteiger partial charge >= 0.3 is 0 Å². The summed E-state index contributed by atoms with van der Waals surface area (Å²) in [5, 5.41) is 3.38. The summed E-state index contributed by atoms with van der Waals surface area (Å²) in [5.74, 6) is 0.614. The highest BCUT2D eigenvalue weighted by Gasteiger charge is 2.29. The number of nitrogens with one attached hydrogen (secondary N) is 2. The van der Waals surface area contributed by atoms with E-state index >= 15 is 0 Å². The van der Waals surface area contributed by atoms with Crippen LogP contribution in [0.2, 0.25) is 0 Å². The average Bonchev–Trinajstić information content (AvgIpc) is 2.82. The Hall–Kier alpha value is -1.62. The van der Waals surface area contributed by atoms with Gasteiger partial charge in [-0.25, -0.2) is 9.37 Å². The molecular weight excluding hydrogens is 243 g/mol. The van der Waals surface area contributed by atoms with Crippen molar-refractivity contribution in [3.63, 3.8) is 0 Å². The summed E-state index contributed by atoms with van der Waals surface area (Å²) >= 11 is 0. The van der Waals surface area contributed by atoms with Crippen molar-refractivity contribution < 1.29 is 4.39 Å². The normalized spacial score (nSPS) is 19.0. The Bertz CT molecular complexity index is 584. The Morgan fingerprint density at radius 1 is 1.37 bits per heavy atom. The van der Waals surface area contributed by atoms with Crippen molar-refractivity contribution in [3.8, 4) is 0 Å². The molecule has 0 spiro atoms. The number of H-pyrrole nitrogens is 1. The van der Waals surface area contributed by atoms with E-state index in [0.29, 0.717) is 0 Å². The lowest BCUT2D eigenvalue weighted by atomic mass is 9.90. The topological polar surface area (TPSA) is 44.0 Å². The van der Waals surface area contributed by atoms with Crippen molar-refractivity contribution in [1.82, 2.24) is 15.3 Å². The van der Waals surface area contributed by atoms with E-state index in [1.807, 2.05) is 7.05 Å². The molecule has 102 valence electrons. The third-order valence-corrected chi connectivity index (χ3v) is 4.20. The van der Waals surface area contributed by atoms with Gasteiger partial charge in [-0.1, -0.05) is 0 Å². The number of benzene rings is 1. The summed E-state index contributed by atoms with van der Waals surface area (Å²) in [4.78, 5) is 9.97. The van der Waals surface area contributed by atoms with Gasteiger partial charge in [0.25, 0.3) is 0 Å². The first-order valence-electron chi connectivity index (χ1n) is 6.69. The number of rotatable bonds is 2. The minimum Gasteiger partial charge on any atom is -0.342 e. The number of piperidine rings is 1. The molecule has 4 nitrogen and oxygen atoms in total. The molecule has 0 radical (unpaired) electrons. The number of halogens is 1. The van der Waals surface area contributed by atoms with Crippen LogP contribution in [0.4, 0.5) is 10.3 Å². The van der Waals surface area contributed by atoms with Gasteiger partial charge in [0.15, 0.2) is 0 Å². The zero-order valence-electron chi connectivity index (χ0n) is 11.3. The number of aromatic amines is 1. The maximum absolute atomic E-state index is 13.2. The number of hydrogen-bond acceptors (Lipinski definition) is 3. The van der Waals surface area contributed by atoms with Crippen LogP contribution >= 0.6 is 0 Å². The van der Waals surface area contributed by atoms with Gasteiger partial charge in [-0.05, 0) is 45.0 Å². The second kappa shape index (κ2) is 4.49. The number of fused-ring (bicyclic) bond motifs is 1. The summed E-state index contributed by atoms with van der Waals surface area (Å²) in [6.45, 7) is 4.16. The molecule has 1 fully saturated rings. The van der Waals surface area contributed by atoms with E-state index in [-0.39, 0.29) is 11.4 Å². The molecule has 1 saturated heterocycles. The fourth-order valence-corrected chi connectivity index (χ4v) is 2.58. The highest BCUT2D eigenvalue weighted by Crippen LogP contribution is 2.25. The van der Waals surface area contributed by atoms with Gasteiger partial charge in [-0.3, -0.25) is 0 Å². The largest absolute Gasteiger partial charge is 0.342 e. The van der Waals surface area contributed by atoms with Crippen LogP contribution in [-0.4, -0.2) is 35.6 Å². The zero-order chi connectivity index (χ0) is 13.5. The van der Waals surface area contributed by atoms with E-state index < -0.39 is 0 Å². The maximum Gasteiger partial charge on any atom is 0.203 e. The molecule has 1 aliphatic heterocycles. The summed E-state index contributed by atoms with van der Waals surface area (Å²) in [6, 6.07) is 4.65. The minimum atomic E-state index is -0.232. The van der Waals surface area contributed by atoms with Gasteiger partial charge in [0.05, 0.1) is 11.0 Å². The van der Waals surface area contributed by atoms with Gasteiger partial charge in [-0.15, -0.1) is 0 Å². The summed E-state index contributed by atoms with van der Waals surface area (Å²) in [7, 11) is 2.01. The van der Waals surface area contributed by atoms with Gasteiger partial charge in [0.2, 0.25) is 5.95 Å². The van der Waals surface area contributed by atoms with Crippen LogP contribution in [0.3, 0.4) is 0 Å². The van der Waals surface area contributed by atoms with E-state index in [1.165, 1.54) is 12.1 Å². The third-order valence-electron chi connectivity index (χ3n) is 4.20. The lowest BCUT2D eigenvalue weighted by Gasteiger charge is -2.39. The molecule has 1 aromatic carbocycles. The predicted octanol–water partition coefficient (Wildman–Crippen LogP) is 2.28. The van der Waals surface area contributed by atoms with Crippen molar-refractivity contribution in [2.75, 3.05) is 25.0 Å². The molecule has 0 amide bonds. The molecule has 0 unspecified atom stereocenters. The lowest BCUT2D eigenvalue weighted by molar-refractivity contribution is 0.304. The first-order valence-corrected chi connectivity index (χ1v) is 6.69. The van der Waals surface area contributed by atoms with Crippen LogP contribution in [0.15, 0.2) is 18.2 Å². The van der Waals surface area contributed by atoms with E-state index in [1.54, 1.807) is 6.07 Å². The highest BCUT2D eigenvalue weighted by atomic mass is 19.1. The van der Waals surface area contributed by atoms with Crippen molar-refractivity contribution >= 4 is 17.0 Å². The minimum absolute atomic E-state index is 0.217. The maximum atomic E-state index is 13.2. The summed E-state index contributed by atoms with van der Waals surface area (Å²) in [5.41, 5.74) is 1.80. The van der Waals surface area contributed by atoms with Gasteiger partial charge in [-0.2, -0.15) is 0 Å². The molecule has 1 aromatic heterocycles. The summed E-state index contributed by atoms with van der Waals surface area (Å²) in [6.07, 6.45) is 2.16. The predicted molar refractivity (Wildman–Crippen MR) is 75.0 cm³/mol. The fraction of sp³-hybridized carbons (Fsp3) is 0.500. The number of aromatic nitrogens is 2. The lowest BCUT2D eigenvalue weighted by Crippen LogP contribution is -2.50. The molecule has 3 rings (SSSR count). The van der Waals surface area contributed by atoms with Crippen molar-refractivity contribution in [2.24, 2.45) is 0 Å². The van der Waals surface area contributed by atoms with E-state index in [9.17, 15) is 4.39 Å². The number of imidazole rings is 1. The molecule has 0 bridgehead atoms. The zero-order valence-corrected chi connectivity index (χ0v) is 11.3.